The van der Waals surface area contributed by atoms with Crippen LogP contribution in [0.1, 0.15) is 34.0 Å². The molecule has 31 heavy (non-hydrogen) atoms. The van der Waals surface area contributed by atoms with E-state index >= 15 is 0 Å². The van der Waals surface area contributed by atoms with Crippen molar-refractivity contribution in [2.75, 3.05) is 20.2 Å². The van der Waals surface area contributed by atoms with E-state index in [1.54, 1.807) is 44.3 Å². The second-order valence-corrected chi connectivity index (χ2v) is 6.84. The van der Waals surface area contributed by atoms with Crippen LogP contribution in [0.3, 0.4) is 0 Å². The molecule has 0 spiro atoms. The molecule has 9 heteroatoms. The van der Waals surface area contributed by atoms with Crippen molar-refractivity contribution < 1.29 is 22.7 Å². The Labute approximate surface area is 179 Å². The summed E-state index contributed by atoms with van der Waals surface area (Å²) < 4.78 is 42.7. The third-order valence-electron chi connectivity index (χ3n) is 4.24. The van der Waals surface area contributed by atoms with Gasteiger partial charge < -0.3 is 20.7 Å². The number of nitrogens with one attached hydrogen (secondary N) is 3. The van der Waals surface area contributed by atoms with Gasteiger partial charge >= 0.3 is 6.18 Å². The minimum absolute atomic E-state index is 0.179. The van der Waals surface area contributed by atoms with E-state index in [9.17, 15) is 18.0 Å². The first-order chi connectivity index (χ1) is 14.7. The molecular weight excluding hydrogens is 409 g/mol. The fraction of sp³-hybridized carbons (Fsp3) is 0.364. The van der Waals surface area contributed by atoms with Gasteiger partial charge in [-0.3, -0.25) is 4.79 Å². The molecule has 3 N–H and O–H groups in total. The number of aliphatic imine (C=N–C) groups is 1. The topological polar surface area (TPSA) is 74.8 Å². The first-order valence-electron chi connectivity index (χ1n) is 9.84. The Kier molecular flexibility index (Phi) is 8.72. The van der Waals surface area contributed by atoms with Gasteiger partial charge in [0.1, 0.15) is 5.75 Å². The lowest BCUT2D eigenvalue weighted by Gasteiger charge is -2.16. The van der Waals surface area contributed by atoms with E-state index in [-0.39, 0.29) is 18.2 Å². The molecule has 0 aliphatic rings. The van der Waals surface area contributed by atoms with Crippen LogP contribution in [0.5, 0.6) is 5.75 Å². The van der Waals surface area contributed by atoms with Crippen molar-refractivity contribution in [3.8, 4) is 5.75 Å². The maximum absolute atomic E-state index is 12.6. The highest BCUT2D eigenvalue weighted by Crippen LogP contribution is 2.23. The lowest BCUT2D eigenvalue weighted by Crippen LogP contribution is -2.37. The predicted octanol–water partition coefficient (Wildman–Crippen LogP) is 3.55. The molecule has 0 unspecified atom stereocenters. The van der Waals surface area contributed by atoms with Crippen LogP contribution >= 0.6 is 0 Å². The van der Waals surface area contributed by atoms with Gasteiger partial charge in [-0.2, -0.15) is 13.2 Å². The van der Waals surface area contributed by atoms with Crippen molar-refractivity contribution in [1.82, 2.24) is 16.0 Å². The van der Waals surface area contributed by atoms with Gasteiger partial charge in [-0.15, -0.1) is 0 Å². The molecule has 0 saturated heterocycles. The van der Waals surface area contributed by atoms with Gasteiger partial charge in [-0.05, 0) is 43.2 Å². The summed E-state index contributed by atoms with van der Waals surface area (Å²) in [6, 6.07) is 12.2. The number of carbonyl (C=O) groups is 1. The average molecular weight is 436 g/mol. The third-order valence-corrected chi connectivity index (χ3v) is 4.24. The number of alkyl halides is 3. The summed E-state index contributed by atoms with van der Waals surface area (Å²) in [7, 11) is 1.57. The van der Waals surface area contributed by atoms with Crippen LogP contribution < -0.4 is 20.7 Å². The van der Waals surface area contributed by atoms with E-state index in [0.29, 0.717) is 30.2 Å². The number of aryl methyl sites for hydroxylation is 1. The molecule has 2 aromatic rings. The van der Waals surface area contributed by atoms with Crippen LogP contribution in [0.25, 0.3) is 0 Å². The number of ether oxygens (including phenoxy) is 1. The van der Waals surface area contributed by atoms with Gasteiger partial charge in [-0.1, -0.05) is 24.3 Å². The number of amides is 1. The van der Waals surface area contributed by atoms with Crippen LogP contribution in [-0.2, 0) is 13.1 Å². The Morgan fingerprint density at radius 1 is 1.13 bits per heavy atom. The zero-order chi connectivity index (χ0) is 22.9. The SMILES string of the molecule is CCNC(=NCc1cccc(C(=O)NC)c1)NCc1ccc(C)cc1OCC(F)(F)F. The van der Waals surface area contributed by atoms with E-state index in [1.807, 2.05) is 19.1 Å². The van der Waals surface area contributed by atoms with Gasteiger partial charge in [0.05, 0.1) is 6.54 Å². The summed E-state index contributed by atoms with van der Waals surface area (Å²) in [5.41, 5.74) is 2.78. The summed E-state index contributed by atoms with van der Waals surface area (Å²) in [4.78, 5) is 16.3. The van der Waals surface area contributed by atoms with Crippen LogP contribution in [0.15, 0.2) is 47.5 Å². The molecule has 0 heterocycles. The molecule has 1 amide bonds. The van der Waals surface area contributed by atoms with Gasteiger partial charge in [0.25, 0.3) is 5.91 Å². The summed E-state index contributed by atoms with van der Waals surface area (Å²) >= 11 is 0. The number of halogens is 3. The first-order valence-corrected chi connectivity index (χ1v) is 9.84. The fourth-order valence-corrected chi connectivity index (χ4v) is 2.75. The maximum Gasteiger partial charge on any atom is 0.422 e. The highest BCUT2D eigenvalue weighted by molar-refractivity contribution is 5.94. The van der Waals surface area contributed by atoms with Crippen LogP contribution in [0.4, 0.5) is 13.2 Å². The number of guanidine groups is 1. The molecule has 0 bridgehead atoms. The molecule has 0 fully saturated rings. The van der Waals surface area contributed by atoms with Gasteiger partial charge in [-0.25, -0.2) is 4.99 Å². The van der Waals surface area contributed by atoms with Crippen molar-refractivity contribution >= 4 is 11.9 Å². The van der Waals surface area contributed by atoms with E-state index in [1.165, 1.54) is 0 Å². The number of carbonyl (C=O) groups excluding carboxylic acids is 1. The van der Waals surface area contributed by atoms with Crippen LogP contribution in [0.2, 0.25) is 0 Å². The summed E-state index contributed by atoms with van der Waals surface area (Å²) in [5.74, 6) is 0.496. The molecule has 0 atom stereocenters. The Morgan fingerprint density at radius 2 is 1.90 bits per heavy atom. The highest BCUT2D eigenvalue weighted by Gasteiger charge is 2.28. The smallest absolute Gasteiger partial charge is 0.422 e. The highest BCUT2D eigenvalue weighted by atomic mass is 19.4. The van der Waals surface area contributed by atoms with E-state index in [0.717, 1.165) is 11.1 Å². The van der Waals surface area contributed by atoms with Gasteiger partial charge in [0.2, 0.25) is 0 Å². The van der Waals surface area contributed by atoms with E-state index in [2.05, 4.69) is 20.9 Å². The summed E-state index contributed by atoms with van der Waals surface area (Å²) in [6.45, 7) is 3.51. The first kappa shape index (κ1) is 24.0. The molecule has 0 saturated carbocycles. The normalized spacial score (nSPS) is 11.7. The molecule has 0 aliphatic heterocycles. The van der Waals surface area contributed by atoms with Gasteiger partial charge in [0, 0.05) is 31.3 Å². The number of benzene rings is 2. The molecule has 2 aromatic carbocycles. The molecular formula is C22H27F3N4O2. The lowest BCUT2D eigenvalue weighted by molar-refractivity contribution is -0.153. The standard InChI is InChI=1S/C22H27F3N4O2/c1-4-27-21(28-12-16-6-5-7-17(11-16)20(30)26-3)29-13-18-9-8-15(2)10-19(18)31-14-22(23,24)25/h5-11H,4,12-14H2,1-3H3,(H,26,30)(H2,27,28,29). The lowest BCUT2D eigenvalue weighted by atomic mass is 10.1. The fourth-order valence-electron chi connectivity index (χ4n) is 2.75. The monoisotopic (exact) mass is 436 g/mol. The predicted molar refractivity (Wildman–Crippen MR) is 114 cm³/mol. The maximum atomic E-state index is 12.6. The molecule has 0 aromatic heterocycles. The quantitative estimate of drug-likeness (QED) is 0.437. The molecule has 0 aliphatic carbocycles. The Hall–Kier alpha value is -3.23. The van der Waals surface area contributed by atoms with Crippen molar-refractivity contribution in [2.45, 2.75) is 33.1 Å². The Bertz CT molecular complexity index is 914. The number of hydrogen-bond donors (Lipinski definition) is 3. The third kappa shape index (κ3) is 8.19. The second-order valence-electron chi connectivity index (χ2n) is 6.84. The van der Waals surface area contributed by atoms with Crippen LogP contribution in [0, 0.1) is 6.92 Å². The van der Waals surface area contributed by atoms with Crippen molar-refractivity contribution in [2.24, 2.45) is 4.99 Å². The van der Waals surface area contributed by atoms with E-state index in [4.69, 9.17) is 4.74 Å². The zero-order valence-corrected chi connectivity index (χ0v) is 17.8. The minimum Gasteiger partial charge on any atom is -0.484 e. The second kappa shape index (κ2) is 11.2. The molecule has 6 nitrogen and oxygen atoms in total. The largest absolute Gasteiger partial charge is 0.484 e. The molecule has 2 rings (SSSR count). The summed E-state index contributed by atoms with van der Waals surface area (Å²) in [5, 5.41) is 8.79. The Morgan fingerprint density at radius 3 is 2.58 bits per heavy atom. The number of nitrogens with zero attached hydrogens (tertiary/aromatic N) is 1. The average Bonchev–Trinajstić information content (AvgIpc) is 2.74. The minimum atomic E-state index is -4.41. The summed E-state index contributed by atoms with van der Waals surface area (Å²) in [6.07, 6.45) is -4.41. The zero-order valence-electron chi connectivity index (χ0n) is 17.8. The number of hydrogen-bond acceptors (Lipinski definition) is 3. The van der Waals surface area contributed by atoms with Crippen molar-refractivity contribution in [3.63, 3.8) is 0 Å². The van der Waals surface area contributed by atoms with E-state index < -0.39 is 12.8 Å². The van der Waals surface area contributed by atoms with Gasteiger partial charge in [0.15, 0.2) is 12.6 Å². The molecule has 168 valence electrons. The molecule has 0 radical (unpaired) electrons. The Balaban J connectivity index is 2.09. The number of rotatable bonds is 8. The van der Waals surface area contributed by atoms with Crippen molar-refractivity contribution in [3.05, 3.63) is 64.7 Å². The van der Waals surface area contributed by atoms with Crippen molar-refractivity contribution in [1.29, 1.82) is 0 Å². The van der Waals surface area contributed by atoms with Crippen LogP contribution in [-0.4, -0.2) is 38.2 Å².